The van der Waals surface area contributed by atoms with Crippen molar-refractivity contribution in [2.75, 3.05) is 19.6 Å². The van der Waals surface area contributed by atoms with Crippen LogP contribution in [0.4, 0.5) is 8.78 Å². The van der Waals surface area contributed by atoms with E-state index in [0.717, 1.165) is 25.2 Å². The van der Waals surface area contributed by atoms with Crippen molar-refractivity contribution >= 4 is 18.3 Å². The Labute approximate surface area is 140 Å². The molecule has 0 aliphatic carbocycles. The van der Waals surface area contributed by atoms with E-state index < -0.39 is 24.9 Å². The van der Waals surface area contributed by atoms with Crippen molar-refractivity contribution in [3.8, 4) is 0 Å². The number of alkyl halides is 2. The average Bonchev–Trinajstić information content (AvgIpc) is 3.12. The van der Waals surface area contributed by atoms with E-state index in [9.17, 15) is 13.6 Å². The van der Waals surface area contributed by atoms with Gasteiger partial charge < -0.3 is 9.47 Å². The minimum Gasteiger partial charge on any atom is -0.341 e. The standard InChI is InChI=1S/C14H21F2N5O.ClH/c1-2-20-9-18-19-12(20)10-3-5-21(6-4-10)13(22)11-7-14(15,16)8-17-11;/h9-11,17H,2-8H2,1H3;1H. The molecule has 9 heteroatoms. The number of hydrogen-bond acceptors (Lipinski definition) is 4. The molecule has 3 rings (SSSR count). The fraction of sp³-hybridized carbons (Fsp3) is 0.786. The predicted octanol–water partition coefficient (Wildman–Crippen LogP) is 1.42. The fourth-order valence-corrected chi connectivity index (χ4v) is 3.29. The number of amides is 1. The van der Waals surface area contributed by atoms with Crippen LogP contribution in [0, 0.1) is 0 Å². The summed E-state index contributed by atoms with van der Waals surface area (Å²) in [7, 11) is 0. The van der Waals surface area contributed by atoms with E-state index in [1.165, 1.54) is 0 Å². The Morgan fingerprint density at radius 3 is 2.70 bits per heavy atom. The molecule has 2 fully saturated rings. The van der Waals surface area contributed by atoms with Gasteiger partial charge in [-0.1, -0.05) is 0 Å². The molecule has 1 atom stereocenters. The van der Waals surface area contributed by atoms with Gasteiger partial charge in [-0.05, 0) is 19.8 Å². The zero-order valence-corrected chi connectivity index (χ0v) is 13.9. The third-order valence-corrected chi connectivity index (χ3v) is 4.57. The SMILES string of the molecule is CCn1cnnc1C1CCN(C(=O)C2CC(F)(F)CN2)CC1.Cl. The van der Waals surface area contributed by atoms with Crippen LogP contribution in [-0.2, 0) is 11.3 Å². The van der Waals surface area contributed by atoms with E-state index in [1.54, 1.807) is 11.2 Å². The summed E-state index contributed by atoms with van der Waals surface area (Å²) in [6, 6.07) is -0.745. The fourth-order valence-electron chi connectivity index (χ4n) is 3.29. The molecule has 3 heterocycles. The van der Waals surface area contributed by atoms with Crippen molar-refractivity contribution in [1.29, 1.82) is 0 Å². The molecule has 0 bridgehead atoms. The number of nitrogens with zero attached hydrogens (tertiary/aromatic N) is 4. The van der Waals surface area contributed by atoms with Gasteiger partial charge in [-0.3, -0.25) is 10.1 Å². The number of piperidine rings is 1. The summed E-state index contributed by atoms with van der Waals surface area (Å²) in [6.07, 6.45) is 2.93. The van der Waals surface area contributed by atoms with Crippen LogP contribution in [0.2, 0.25) is 0 Å². The molecule has 1 amide bonds. The lowest BCUT2D eigenvalue weighted by atomic mass is 9.95. The van der Waals surface area contributed by atoms with Gasteiger partial charge in [0.15, 0.2) is 0 Å². The first-order valence-corrected chi connectivity index (χ1v) is 7.78. The lowest BCUT2D eigenvalue weighted by molar-refractivity contribution is -0.134. The van der Waals surface area contributed by atoms with E-state index in [0.29, 0.717) is 13.1 Å². The number of rotatable bonds is 3. The Kier molecular flexibility index (Phi) is 5.57. The van der Waals surface area contributed by atoms with Gasteiger partial charge in [0, 0.05) is 32.0 Å². The second-order valence-electron chi connectivity index (χ2n) is 6.07. The van der Waals surface area contributed by atoms with Gasteiger partial charge in [0.2, 0.25) is 5.91 Å². The first-order chi connectivity index (χ1) is 10.5. The first-order valence-electron chi connectivity index (χ1n) is 7.78. The summed E-state index contributed by atoms with van der Waals surface area (Å²) < 4.78 is 28.4. The molecule has 0 saturated carbocycles. The van der Waals surface area contributed by atoms with Crippen LogP contribution in [0.25, 0.3) is 0 Å². The minimum absolute atomic E-state index is 0. The maximum atomic E-state index is 13.2. The lowest BCUT2D eigenvalue weighted by Crippen LogP contribution is -2.46. The summed E-state index contributed by atoms with van der Waals surface area (Å²) in [5.41, 5.74) is 0. The van der Waals surface area contributed by atoms with E-state index in [1.807, 2.05) is 11.5 Å². The summed E-state index contributed by atoms with van der Waals surface area (Å²) in [5.74, 6) is -1.73. The minimum atomic E-state index is -2.77. The molecule has 1 N–H and O–H groups in total. The summed E-state index contributed by atoms with van der Waals surface area (Å²) >= 11 is 0. The van der Waals surface area contributed by atoms with Crippen LogP contribution in [-0.4, -0.2) is 57.2 Å². The molecule has 2 aliphatic rings. The number of hydrogen-bond donors (Lipinski definition) is 1. The summed E-state index contributed by atoms with van der Waals surface area (Å²) in [6.45, 7) is 3.63. The van der Waals surface area contributed by atoms with Crippen LogP contribution in [0.15, 0.2) is 6.33 Å². The number of likely N-dealkylation sites (tertiary alicyclic amines) is 1. The van der Waals surface area contributed by atoms with Crippen LogP contribution >= 0.6 is 12.4 Å². The largest absolute Gasteiger partial charge is 0.341 e. The number of nitrogens with one attached hydrogen (secondary N) is 1. The van der Waals surface area contributed by atoms with Crippen molar-refractivity contribution in [1.82, 2.24) is 25.0 Å². The van der Waals surface area contributed by atoms with Gasteiger partial charge in [-0.2, -0.15) is 0 Å². The monoisotopic (exact) mass is 349 g/mol. The van der Waals surface area contributed by atoms with Crippen molar-refractivity contribution < 1.29 is 13.6 Å². The van der Waals surface area contributed by atoms with Crippen LogP contribution in [0.5, 0.6) is 0 Å². The number of halogens is 3. The van der Waals surface area contributed by atoms with Crippen LogP contribution in [0.3, 0.4) is 0 Å². The Bertz CT molecular complexity index is 545. The Morgan fingerprint density at radius 1 is 1.43 bits per heavy atom. The van der Waals surface area contributed by atoms with Gasteiger partial charge in [-0.25, -0.2) is 8.78 Å². The molecule has 2 saturated heterocycles. The Balaban J connectivity index is 0.00000192. The Morgan fingerprint density at radius 2 is 2.13 bits per heavy atom. The smallest absolute Gasteiger partial charge is 0.262 e. The zero-order chi connectivity index (χ0) is 15.7. The highest BCUT2D eigenvalue weighted by atomic mass is 35.5. The van der Waals surface area contributed by atoms with Gasteiger partial charge in [0.1, 0.15) is 12.2 Å². The van der Waals surface area contributed by atoms with Crippen LogP contribution in [0.1, 0.15) is 37.9 Å². The van der Waals surface area contributed by atoms with E-state index >= 15 is 0 Å². The highest BCUT2D eigenvalue weighted by Crippen LogP contribution is 2.29. The number of aryl methyl sites for hydroxylation is 1. The average molecular weight is 350 g/mol. The van der Waals surface area contributed by atoms with Crippen molar-refractivity contribution in [3.05, 3.63) is 12.2 Å². The van der Waals surface area contributed by atoms with E-state index in [2.05, 4.69) is 15.5 Å². The molecule has 0 spiro atoms. The number of aromatic nitrogens is 3. The van der Waals surface area contributed by atoms with Crippen LogP contribution < -0.4 is 5.32 Å². The van der Waals surface area contributed by atoms with Crippen molar-refractivity contribution in [2.24, 2.45) is 0 Å². The zero-order valence-electron chi connectivity index (χ0n) is 13.0. The molecular formula is C14H22ClF2N5O. The first kappa shape index (κ1) is 18.1. The molecule has 2 aliphatic heterocycles. The number of carbonyl (C=O) groups excluding carboxylic acids is 1. The summed E-state index contributed by atoms with van der Waals surface area (Å²) in [4.78, 5) is 14.0. The topological polar surface area (TPSA) is 63.1 Å². The molecule has 1 aromatic heterocycles. The normalized spacial score (nSPS) is 24.5. The molecule has 1 aromatic rings. The third-order valence-electron chi connectivity index (χ3n) is 4.57. The van der Waals surface area contributed by atoms with Gasteiger partial charge in [-0.15, -0.1) is 22.6 Å². The Hall–Kier alpha value is -1.28. The molecular weight excluding hydrogens is 328 g/mol. The van der Waals surface area contributed by atoms with E-state index in [-0.39, 0.29) is 24.2 Å². The quantitative estimate of drug-likeness (QED) is 0.896. The highest BCUT2D eigenvalue weighted by molar-refractivity contribution is 5.85. The third kappa shape index (κ3) is 3.80. The van der Waals surface area contributed by atoms with Gasteiger partial charge in [0.05, 0.1) is 12.6 Å². The molecule has 1 unspecified atom stereocenters. The van der Waals surface area contributed by atoms with Gasteiger partial charge >= 0.3 is 0 Å². The molecule has 23 heavy (non-hydrogen) atoms. The highest BCUT2D eigenvalue weighted by Gasteiger charge is 2.44. The maximum Gasteiger partial charge on any atom is 0.262 e. The van der Waals surface area contributed by atoms with Crippen molar-refractivity contribution in [2.45, 2.75) is 50.6 Å². The van der Waals surface area contributed by atoms with Crippen molar-refractivity contribution in [3.63, 3.8) is 0 Å². The van der Waals surface area contributed by atoms with E-state index in [4.69, 9.17) is 0 Å². The lowest BCUT2D eigenvalue weighted by Gasteiger charge is -2.33. The molecule has 0 radical (unpaired) electrons. The van der Waals surface area contributed by atoms with Gasteiger partial charge in [0.25, 0.3) is 5.92 Å². The second kappa shape index (κ2) is 7.09. The molecule has 130 valence electrons. The maximum absolute atomic E-state index is 13.2. The summed E-state index contributed by atoms with van der Waals surface area (Å²) in [5, 5.41) is 10.7. The second-order valence-corrected chi connectivity index (χ2v) is 6.07. The molecule has 6 nitrogen and oxygen atoms in total. The molecule has 0 aromatic carbocycles. The number of carbonyl (C=O) groups is 1. The predicted molar refractivity (Wildman–Crippen MR) is 82.9 cm³/mol.